The Morgan fingerprint density at radius 1 is 1.15 bits per heavy atom. The van der Waals surface area contributed by atoms with Gasteiger partial charge in [-0.1, -0.05) is 43.6 Å². The van der Waals surface area contributed by atoms with Crippen molar-refractivity contribution < 1.29 is 17.9 Å². The van der Waals surface area contributed by atoms with E-state index in [1.54, 1.807) is 23.5 Å². The number of amides is 1. The summed E-state index contributed by atoms with van der Waals surface area (Å²) in [7, 11) is -0.158. The van der Waals surface area contributed by atoms with Gasteiger partial charge in [0.2, 0.25) is 10.0 Å². The molecule has 0 bridgehead atoms. The van der Waals surface area contributed by atoms with Crippen molar-refractivity contribution in [3.8, 4) is 5.75 Å². The van der Waals surface area contributed by atoms with Crippen LogP contribution in [0.25, 0.3) is 10.2 Å². The summed E-state index contributed by atoms with van der Waals surface area (Å²) in [5.74, 6) is 0.299. The molecule has 1 aliphatic carbocycles. The largest absolute Gasteiger partial charge is 0.495 e. The zero-order chi connectivity index (χ0) is 23.6. The van der Waals surface area contributed by atoms with Gasteiger partial charge in [0.15, 0.2) is 4.80 Å². The third kappa shape index (κ3) is 4.62. The van der Waals surface area contributed by atoms with Crippen molar-refractivity contribution in [1.82, 2.24) is 8.87 Å². The normalized spacial score (nSPS) is 15.9. The van der Waals surface area contributed by atoms with Gasteiger partial charge < -0.3 is 9.30 Å². The molecule has 4 rings (SSSR count). The first-order valence-corrected chi connectivity index (χ1v) is 13.5. The number of fused-ring (bicyclic) bond motifs is 1. The van der Waals surface area contributed by atoms with Gasteiger partial charge >= 0.3 is 0 Å². The van der Waals surface area contributed by atoms with Gasteiger partial charge in [-0.15, -0.1) is 0 Å². The first-order chi connectivity index (χ1) is 15.9. The molecular weight excluding hydrogens is 458 g/mol. The van der Waals surface area contributed by atoms with Crippen LogP contribution in [0.4, 0.5) is 0 Å². The Morgan fingerprint density at radius 2 is 1.85 bits per heavy atom. The number of para-hydroxylation sites is 1. The second-order valence-electron chi connectivity index (χ2n) is 8.19. The maximum absolute atomic E-state index is 13.2. The maximum Gasteiger partial charge on any atom is 0.279 e. The van der Waals surface area contributed by atoms with E-state index in [0.717, 1.165) is 35.9 Å². The minimum atomic E-state index is -3.61. The first kappa shape index (κ1) is 23.7. The van der Waals surface area contributed by atoms with Crippen molar-refractivity contribution in [3.05, 3.63) is 52.8 Å². The first-order valence-electron chi connectivity index (χ1n) is 11.2. The van der Waals surface area contributed by atoms with E-state index in [1.165, 1.54) is 29.9 Å². The molecule has 1 saturated carbocycles. The number of aryl methyl sites for hydroxylation is 1. The van der Waals surface area contributed by atoms with Crippen molar-refractivity contribution in [1.29, 1.82) is 0 Å². The number of nitrogens with zero attached hydrogens (tertiary/aromatic N) is 3. The Balaban J connectivity index is 1.61. The van der Waals surface area contributed by atoms with E-state index in [-0.39, 0.29) is 10.9 Å². The summed E-state index contributed by atoms with van der Waals surface area (Å²) in [6, 6.07) is 11.9. The van der Waals surface area contributed by atoms with Crippen molar-refractivity contribution in [3.63, 3.8) is 0 Å². The lowest BCUT2D eigenvalue weighted by molar-refractivity contribution is 0.0998. The minimum Gasteiger partial charge on any atom is -0.495 e. The maximum atomic E-state index is 13.2. The lowest BCUT2D eigenvalue weighted by Crippen LogP contribution is -2.41. The van der Waals surface area contributed by atoms with Crippen LogP contribution >= 0.6 is 11.3 Å². The zero-order valence-electron chi connectivity index (χ0n) is 19.2. The highest BCUT2D eigenvalue weighted by atomic mass is 32.2. The minimum absolute atomic E-state index is 0.0509. The topological polar surface area (TPSA) is 81.0 Å². The highest BCUT2D eigenvalue weighted by molar-refractivity contribution is 7.89. The molecule has 0 radical (unpaired) electrons. The second kappa shape index (κ2) is 9.79. The van der Waals surface area contributed by atoms with Gasteiger partial charge in [-0.05, 0) is 49.2 Å². The van der Waals surface area contributed by atoms with Gasteiger partial charge in [0.1, 0.15) is 11.3 Å². The van der Waals surface area contributed by atoms with Crippen LogP contribution in [-0.4, -0.2) is 42.9 Å². The number of carbonyl (C=O) groups excluding carboxylic acids is 1. The molecule has 1 aromatic heterocycles. The molecule has 1 amide bonds. The van der Waals surface area contributed by atoms with E-state index in [9.17, 15) is 13.2 Å². The van der Waals surface area contributed by atoms with Crippen LogP contribution in [0, 0.1) is 0 Å². The standard InChI is InChI=1S/C24H29N3O4S2/c1-4-27(18-9-6-5-7-10-18)33(29,30)19-15-13-17(14-16-19)23(28)25-24-26(2)22-20(31-3)11-8-12-21(22)32-24/h8,11-16,18H,4-7,9-10H2,1-3H3. The second-order valence-corrected chi connectivity index (χ2v) is 11.1. The smallest absolute Gasteiger partial charge is 0.279 e. The predicted molar refractivity (Wildman–Crippen MR) is 130 cm³/mol. The van der Waals surface area contributed by atoms with Crippen molar-refractivity contribution in [2.45, 2.75) is 50.0 Å². The molecule has 0 unspecified atom stereocenters. The Labute approximate surface area is 198 Å². The Hall–Kier alpha value is -2.49. The number of benzene rings is 2. The van der Waals surface area contributed by atoms with E-state index in [2.05, 4.69) is 4.99 Å². The van der Waals surface area contributed by atoms with Crippen molar-refractivity contribution in [2.75, 3.05) is 13.7 Å². The molecule has 1 heterocycles. The molecule has 0 N–H and O–H groups in total. The van der Waals surface area contributed by atoms with E-state index in [1.807, 2.05) is 36.7 Å². The van der Waals surface area contributed by atoms with Crippen LogP contribution in [0.1, 0.15) is 49.4 Å². The van der Waals surface area contributed by atoms with Crippen LogP contribution in [-0.2, 0) is 17.1 Å². The summed E-state index contributed by atoms with van der Waals surface area (Å²) in [6.07, 6.45) is 5.09. The third-order valence-corrected chi connectivity index (χ3v) is 9.34. The molecular formula is C24H29N3O4S2. The number of thiazole rings is 1. The SMILES string of the molecule is CCN(C1CCCCC1)S(=O)(=O)c1ccc(C(=O)N=c2sc3cccc(OC)c3n2C)cc1. The van der Waals surface area contributed by atoms with E-state index in [4.69, 9.17) is 4.74 Å². The lowest BCUT2D eigenvalue weighted by atomic mass is 9.95. The fourth-order valence-electron chi connectivity index (χ4n) is 4.49. The third-order valence-electron chi connectivity index (χ3n) is 6.20. The van der Waals surface area contributed by atoms with Gasteiger partial charge in [0, 0.05) is 25.2 Å². The molecule has 1 aliphatic rings. The zero-order valence-corrected chi connectivity index (χ0v) is 20.8. The van der Waals surface area contributed by atoms with E-state index >= 15 is 0 Å². The summed E-state index contributed by atoms with van der Waals surface area (Å²) < 4.78 is 36.3. The number of sulfonamides is 1. The molecule has 7 nitrogen and oxygen atoms in total. The van der Waals surface area contributed by atoms with Gasteiger partial charge in [-0.2, -0.15) is 9.30 Å². The van der Waals surface area contributed by atoms with Gasteiger partial charge in [-0.25, -0.2) is 8.42 Å². The van der Waals surface area contributed by atoms with E-state index < -0.39 is 15.9 Å². The molecule has 0 saturated heterocycles. The number of methoxy groups -OCH3 is 1. The quantitative estimate of drug-likeness (QED) is 0.518. The summed E-state index contributed by atoms with van der Waals surface area (Å²) in [5, 5.41) is 0. The Bertz CT molecular complexity index is 1320. The predicted octanol–water partition coefficient (Wildman–Crippen LogP) is 4.33. The average molecular weight is 488 g/mol. The Morgan fingerprint density at radius 3 is 2.48 bits per heavy atom. The van der Waals surface area contributed by atoms with Crippen LogP contribution in [0.3, 0.4) is 0 Å². The van der Waals surface area contributed by atoms with Crippen molar-refractivity contribution >= 4 is 37.5 Å². The number of carbonyl (C=O) groups is 1. The van der Waals surface area contributed by atoms with Gasteiger partial charge in [0.05, 0.1) is 16.7 Å². The molecule has 2 aromatic carbocycles. The number of hydrogen-bond acceptors (Lipinski definition) is 5. The molecule has 0 spiro atoms. The fourth-order valence-corrected chi connectivity index (χ4v) is 7.22. The molecule has 9 heteroatoms. The average Bonchev–Trinajstić information content (AvgIpc) is 3.15. The van der Waals surface area contributed by atoms with Gasteiger partial charge in [0.25, 0.3) is 5.91 Å². The number of ether oxygens (including phenoxy) is 1. The highest BCUT2D eigenvalue weighted by Crippen LogP contribution is 2.28. The molecule has 3 aromatic rings. The summed E-state index contributed by atoms with van der Waals surface area (Å²) in [6.45, 7) is 2.32. The van der Waals surface area contributed by atoms with Crippen LogP contribution < -0.4 is 9.54 Å². The number of aromatic nitrogens is 1. The number of hydrogen-bond donors (Lipinski definition) is 0. The monoisotopic (exact) mass is 487 g/mol. The van der Waals surface area contributed by atoms with Crippen LogP contribution in [0.2, 0.25) is 0 Å². The summed E-state index contributed by atoms with van der Waals surface area (Å²) >= 11 is 1.40. The highest BCUT2D eigenvalue weighted by Gasteiger charge is 2.31. The lowest BCUT2D eigenvalue weighted by Gasteiger charge is -2.32. The molecule has 0 aliphatic heterocycles. The Kier molecular flexibility index (Phi) is 7.02. The molecule has 33 heavy (non-hydrogen) atoms. The van der Waals surface area contributed by atoms with Crippen LogP contribution in [0.15, 0.2) is 52.4 Å². The molecule has 0 atom stereocenters. The molecule has 176 valence electrons. The van der Waals surface area contributed by atoms with Crippen molar-refractivity contribution in [2.24, 2.45) is 12.0 Å². The summed E-state index contributed by atoms with van der Waals surface area (Å²) in [5.41, 5.74) is 1.22. The molecule has 1 fully saturated rings. The van der Waals surface area contributed by atoms with Crippen LogP contribution in [0.5, 0.6) is 5.75 Å². The van der Waals surface area contributed by atoms with Gasteiger partial charge in [-0.3, -0.25) is 4.79 Å². The fraction of sp³-hybridized carbons (Fsp3) is 0.417. The number of rotatable bonds is 6. The van der Waals surface area contributed by atoms with E-state index in [0.29, 0.717) is 22.7 Å². The summed E-state index contributed by atoms with van der Waals surface area (Å²) in [4.78, 5) is 17.9.